The molecular formula is C25H26F2N6O5. The fourth-order valence-corrected chi connectivity index (χ4v) is 5.21. The van der Waals surface area contributed by atoms with Gasteiger partial charge in [-0.15, -0.1) is 0 Å². The van der Waals surface area contributed by atoms with Crippen LogP contribution in [0.2, 0.25) is 0 Å². The molecule has 13 heteroatoms. The van der Waals surface area contributed by atoms with Gasteiger partial charge in [-0.1, -0.05) is 0 Å². The molecule has 11 nitrogen and oxygen atoms in total. The molecule has 3 aromatic rings. The third-order valence-corrected chi connectivity index (χ3v) is 7.59. The number of halogens is 2. The van der Waals surface area contributed by atoms with Crippen LogP contribution in [0, 0.1) is 0 Å². The molecule has 38 heavy (non-hydrogen) atoms. The second-order valence-corrected chi connectivity index (χ2v) is 10.1. The molecule has 3 aliphatic carbocycles. The molecule has 0 saturated heterocycles. The Morgan fingerprint density at radius 1 is 1.08 bits per heavy atom. The lowest BCUT2D eigenvalue weighted by molar-refractivity contribution is -0.163. The van der Waals surface area contributed by atoms with Gasteiger partial charge < -0.3 is 26.6 Å². The second kappa shape index (κ2) is 9.01. The molecule has 3 heterocycles. The smallest absolute Gasteiger partial charge is 0.376 e. The Balaban J connectivity index is 1.51. The summed E-state index contributed by atoms with van der Waals surface area (Å²) in [6.45, 7) is -1.38. The summed E-state index contributed by atoms with van der Waals surface area (Å²) in [4.78, 5) is 39.6. The van der Waals surface area contributed by atoms with Crippen LogP contribution in [-0.2, 0) is 4.79 Å². The molecule has 0 spiro atoms. The highest BCUT2D eigenvalue weighted by Crippen LogP contribution is 2.48. The van der Waals surface area contributed by atoms with Crippen molar-refractivity contribution in [1.29, 1.82) is 0 Å². The van der Waals surface area contributed by atoms with Crippen LogP contribution in [0.1, 0.15) is 59.2 Å². The number of aliphatic hydroxyl groups is 1. The maximum absolute atomic E-state index is 13.6. The van der Waals surface area contributed by atoms with E-state index in [1.54, 1.807) is 28.8 Å². The number of carbonyl (C=O) groups excluding carboxylic acids is 2. The van der Waals surface area contributed by atoms with Crippen LogP contribution in [0.25, 0.3) is 16.9 Å². The molecule has 3 saturated carbocycles. The van der Waals surface area contributed by atoms with Gasteiger partial charge in [0.15, 0.2) is 0 Å². The molecule has 0 aromatic carbocycles. The Labute approximate surface area is 215 Å². The Hall–Kier alpha value is -4.13. The van der Waals surface area contributed by atoms with Crippen molar-refractivity contribution in [2.75, 3.05) is 11.9 Å². The van der Waals surface area contributed by atoms with Crippen LogP contribution in [0.3, 0.4) is 0 Å². The van der Waals surface area contributed by atoms with Gasteiger partial charge in [-0.3, -0.25) is 14.6 Å². The lowest BCUT2D eigenvalue weighted by Gasteiger charge is -2.51. The number of amides is 2. The van der Waals surface area contributed by atoms with E-state index in [2.05, 4.69) is 15.4 Å². The predicted molar refractivity (Wildman–Crippen MR) is 131 cm³/mol. The van der Waals surface area contributed by atoms with Crippen molar-refractivity contribution in [3.8, 4) is 11.4 Å². The van der Waals surface area contributed by atoms with Crippen LogP contribution in [0.4, 0.5) is 14.5 Å². The number of fused-ring (bicyclic) bond motifs is 4. The van der Waals surface area contributed by atoms with E-state index in [9.17, 15) is 28.3 Å². The van der Waals surface area contributed by atoms with Crippen molar-refractivity contribution < 1.29 is 33.4 Å². The number of hydrogen-bond donors (Lipinski definition) is 5. The van der Waals surface area contributed by atoms with Gasteiger partial charge in [0.05, 0.1) is 52.1 Å². The molecular weight excluding hydrogens is 502 g/mol. The maximum atomic E-state index is 13.6. The van der Waals surface area contributed by atoms with E-state index >= 15 is 0 Å². The largest absolute Gasteiger partial charge is 0.477 e. The first-order valence-corrected chi connectivity index (χ1v) is 12.1. The highest BCUT2D eigenvalue weighted by Gasteiger charge is 2.48. The minimum atomic E-state index is -4.13. The van der Waals surface area contributed by atoms with E-state index in [-0.39, 0.29) is 11.1 Å². The number of carbonyl (C=O) groups is 3. The molecule has 0 atom stereocenters. The van der Waals surface area contributed by atoms with E-state index in [0.29, 0.717) is 61.1 Å². The first kappa shape index (κ1) is 25.5. The van der Waals surface area contributed by atoms with Gasteiger partial charge in [0, 0.05) is 11.7 Å². The predicted octanol–water partition coefficient (Wildman–Crippen LogP) is 2.19. The lowest BCUT2D eigenvalue weighted by Crippen LogP contribution is -2.54. The number of nitrogens with two attached hydrogens (primary N) is 1. The average Bonchev–Trinajstić information content (AvgIpc) is 3.31. The Kier molecular flexibility index (Phi) is 6.05. The van der Waals surface area contributed by atoms with Crippen molar-refractivity contribution in [2.24, 2.45) is 5.73 Å². The van der Waals surface area contributed by atoms with Crippen LogP contribution >= 0.6 is 0 Å². The zero-order valence-electron chi connectivity index (χ0n) is 20.2. The van der Waals surface area contributed by atoms with Crippen LogP contribution in [0.5, 0.6) is 0 Å². The number of hydrogen-bond acceptors (Lipinski definition) is 7. The summed E-state index contributed by atoms with van der Waals surface area (Å²) in [6, 6.07) is 6.64. The first-order valence-electron chi connectivity index (χ1n) is 12.1. The highest BCUT2D eigenvalue weighted by molar-refractivity contribution is 6.00. The van der Waals surface area contributed by atoms with Crippen molar-refractivity contribution in [1.82, 2.24) is 19.9 Å². The molecule has 2 amide bonds. The van der Waals surface area contributed by atoms with Crippen molar-refractivity contribution in [3.63, 3.8) is 0 Å². The number of aromatic nitrogens is 3. The third-order valence-electron chi connectivity index (χ3n) is 7.59. The summed E-state index contributed by atoms with van der Waals surface area (Å²) in [5, 5.41) is 29.0. The third kappa shape index (κ3) is 4.64. The quantitative estimate of drug-likeness (QED) is 0.296. The average molecular weight is 529 g/mol. The lowest BCUT2D eigenvalue weighted by atomic mass is 9.63. The first-order chi connectivity index (χ1) is 17.9. The number of aliphatic carboxylic acids is 1. The highest BCUT2D eigenvalue weighted by atomic mass is 19.3. The maximum Gasteiger partial charge on any atom is 0.376 e. The van der Waals surface area contributed by atoms with Crippen molar-refractivity contribution in [2.45, 2.75) is 55.6 Å². The molecule has 3 fully saturated rings. The molecule has 2 bridgehead atoms. The Bertz CT molecular complexity index is 1430. The normalized spacial score (nSPS) is 22.8. The van der Waals surface area contributed by atoms with Gasteiger partial charge in [0.2, 0.25) is 5.91 Å². The van der Waals surface area contributed by atoms with Crippen molar-refractivity contribution in [3.05, 3.63) is 47.8 Å². The number of primary amides is 1. The minimum absolute atomic E-state index is 0.0273. The second-order valence-electron chi connectivity index (χ2n) is 10.1. The summed E-state index contributed by atoms with van der Waals surface area (Å²) < 4.78 is 28.8. The summed E-state index contributed by atoms with van der Waals surface area (Å²) >= 11 is 0. The van der Waals surface area contributed by atoms with Gasteiger partial charge in [0.1, 0.15) is 0 Å². The van der Waals surface area contributed by atoms with Gasteiger partial charge in [0.25, 0.3) is 5.91 Å². The number of carboxylic acid groups (broad SMARTS) is 1. The van der Waals surface area contributed by atoms with Gasteiger partial charge in [-0.05, 0) is 62.8 Å². The molecule has 3 aromatic heterocycles. The van der Waals surface area contributed by atoms with Crippen molar-refractivity contribution >= 4 is 29.0 Å². The minimum Gasteiger partial charge on any atom is -0.477 e. The molecule has 6 N–H and O–H groups in total. The standard InChI is InChI=1S/C25H26F2N6O5/c26-25(27,22(36)37)13-30-21(35)16-12-29-18(19-2-1-15-9-14(20(28)34)11-31-33(15)19)10-17(16)32-23-3-6-24(38,7-4-23)8-5-23/h1-2,9-12,38H,3-8,13H2,(H2,28,34)(H,29,32)(H,30,35)(H,36,37). The number of nitrogens with one attached hydrogen (secondary N) is 2. The Morgan fingerprint density at radius 3 is 2.39 bits per heavy atom. The number of alkyl halides is 2. The van der Waals surface area contributed by atoms with E-state index in [1.165, 1.54) is 12.4 Å². The van der Waals surface area contributed by atoms with Crippen LogP contribution in [0.15, 0.2) is 36.7 Å². The monoisotopic (exact) mass is 528 g/mol. The molecule has 0 unspecified atom stereocenters. The summed E-state index contributed by atoms with van der Waals surface area (Å²) in [5.74, 6) is -8.00. The zero-order chi connectivity index (χ0) is 27.3. The summed E-state index contributed by atoms with van der Waals surface area (Å²) in [6.07, 6.45) is 6.33. The molecule has 0 radical (unpaired) electrons. The molecule has 6 rings (SSSR count). The number of carboxylic acids is 1. The van der Waals surface area contributed by atoms with E-state index in [0.717, 1.165) is 0 Å². The Morgan fingerprint density at radius 2 is 1.76 bits per heavy atom. The summed E-state index contributed by atoms with van der Waals surface area (Å²) in [5.41, 5.74) is 6.34. The van der Waals surface area contributed by atoms with Gasteiger partial charge in [-0.25, -0.2) is 9.31 Å². The molecule has 200 valence electrons. The van der Waals surface area contributed by atoms with Crippen LogP contribution < -0.4 is 16.4 Å². The van der Waals surface area contributed by atoms with E-state index < -0.39 is 41.4 Å². The fourth-order valence-electron chi connectivity index (χ4n) is 5.21. The zero-order valence-corrected chi connectivity index (χ0v) is 20.2. The topological polar surface area (TPSA) is 172 Å². The fraction of sp³-hybridized carbons (Fsp3) is 0.400. The number of anilines is 1. The number of rotatable bonds is 8. The van der Waals surface area contributed by atoms with Gasteiger partial charge in [-0.2, -0.15) is 13.9 Å². The van der Waals surface area contributed by atoms with Gasteiger partial charge >= 0.3 is 11.9 Å². The number of nitrogens with zero attached hydrogens (tertiary/aromatic N) is 3. The molecule has 0 aliphatic heterocycles. The number of pyridine rings is 1. The van der Waals surface area contributed by atoms with E-state index in [1.807, 2.05) is 5.32 Å². The van der Waals surface area contributed by atoms with E-state index in [4.69, 9.17) is 10.8 Å². The SMILES string of the molecule is NC(=O)c1cnn2c(-c3cc(NC45CCC(O)(CC4)CC5)c(C(=O)NCC(F)(F)C(=O)O)cn3)ccc2c1. The van der Waals surface area contributed by atoms with Crippen LogP contribution in [-0.4, -0.2) is 66.2 Å². The molecule has 3 aliphatic rings. The summed E-state index contributed by atoms with van der Waals surface area (Å²) in [7, 11) is 0.